The smallest absolute Gasteiger partial charge is 0.0830 e. The van der Waals surface area contributed by atoms with Gasteiger partial charge in [-0.25, -0.2) is 4.68 Å². The van der Waals surface area contributed by atoms with E-state index in [0.29, 0.717) is 0 Å². The molecule has 0 atom stereocenters. The van der Waals surface area contributed by atoms with Gasteiger partial charge in [-0.1, -0.05) is 73.2 Å². The first kappa shape index (κ1) is 15.5. The molecule has 2 aromatic carbocycles. The molecule has 3 aromatic rings. The van der Waals surface area contributed by atoms with Crippen LogP contribution in [-0.2, 0) is 25.8 Å². The standard InChI is InChI=1S/C20H23N3/c1-2-6-17-9-11-18(12-10-17)13-14-20-16-23(22-21-20)15-19-7-4-3-5-8-19/h3-5,7-12,16H,2,6,13-15H2,1H3. The van der Waals surface area contributed by atoms with Crippen LogP contribution in [-0.4, -0.2) is 15.0 Å². The van der Waals surface area contributed by atoms with Crippen molar-refractivity contribution in [1.29, 1.82) is 0 Å². The molecule has 1 heterocycles. The van der Waals surface area contributed by atoms with Crippen molar-refractivity contribution in [2.75, 3.05) is 0 Å². The molecule has 0 N–H and O–H groups in total. The van der Waals surface area contributed by atoms with Crippen LogP contribution in [0.5, 0.6) is 0 Å². The summed E-state index contributed by atoms with van der Waals surface area (Å²) < 4.78 is 1.91. The maximum absolute atomic E-state index is 4.29. The van der Waals surface area contributed by atoms with Gasteiger partial charge in [-0.15, -0.1) is 5.10 Å². The lowest BCUT2D eigenvalue weighted by atomic mass is 10.0. The number of rotatable bonds is 7. The Morgan fingerprint density at radius 2 is 1.48 bits per heavy atom. The summed E-state index contributed by atoms with van der Waals surface area (Å²) in [5.74, 6) is 0. The van der Waals surface area contributed by atoms with Gasteiger partial charge in [0.05, 0.1) is 12.2 Å². The van der Waals surface area contributed by atoms with Crippen molar-refractivity contribution in [3.05, 3.63) is 83.2 Å². The summed E-state index contributed by atoms with van der Waals surface area (Å²) in [6.07, 6.45) is 6.36. The van der Waals surface area contributed by atoms with Gasteiger partial charge in [0.25, 0.3) is 0 Å². The van der Waals surface area contributed by atoms with E-state index in [0.717, 1.165) is 31.5 Å². The molecule has 0 saturated carbocycles. The highest BCUT2D eigenvalue weighted by Crippen LogP contribution is 2.10. The van der Waals surface area contributed by atoms with Crippen LogP contribution in [0, 0.1) is 0 Å². The van der Waals surface area contributed by atoms with Gasteiger partial charge in [0.1, 0.15) is 0 Å². The zero-order valence-electron chi connectivity index (χ0n) is 13.7. The third-order valence-corrected chi connectivity index (χ3v) is 4.00. The summed E-state index contributed by atoms with van der Waals surface area (Å²) in [5.41, 5.74) is 5.08. The number of hydrogen-bond acceptors (Lipinski definition) is 2. The number of aryl methyl sites for hydroxylation is 3. The third-order valence-electron chi connectivity index (χ3n) is 4.00. The summed E-state index contributed by atoms with van der Waals surface area (Å²) in [6, 6.07) is 19.3. The Labute approximate surface area is 138 Å². The molecule has 118 valence electrons. The van der Waals surface area contributed by atoms with Crippen LogP contribution in [0.1, 0.15) is 35.7 Å². The van der Waals surface area contributed by atoms with Crippen molar-refractivity contribution in [2.24, 2.45) is 0 Å². The van der Waals surface area contributed by atoms with Crippen LogP contribution in [0.25, 0.3) is 0 Å². The highest BCUT2D eigenvalue weighted by atomic mass is 15.4. The quantitative estimate of drug-likeness (QED) is 0.659. The lowest BCUT2D eigenvalue weighted by molar-refractivity contribution is 0.649. The van der Waals surface area contributed by atoms with E-state index in [4.69, 9.17) is 0 Å². The van der Waals surface area contributed by atoms with E-state index < -0.39 is 0 Å². The molecule has 1 aromatic heterocycles. The van der Waals surface area contributed by atoms with Crippen molar-refractivity contribution in [2.45, 2.75) is 39.2 Å². The second-order valence-corrected chi connectivity index (χ2v) is 5.96. The zero-order chi connectivity index (χ0) is 15.9. The highest BCUT2D eigenvalue weighted by Gasteiger charge is 2.03. The van der Waals surface area contributed by atoms with Crippen LogP contribution in [0.15, 0.2) is 60.8 Å². The van der Waals surface area contributed by atoms with Crippen molar-refractivity contribution in [3.63, 3.8) is 0 Å². The van der Waals surface area contributed by atoms with E-state index >= 15 is 0 Å². The first-order valence-corrected chi connectivity index (χ1v) is 8.34. The summed E-state index contributed by atoms with van der Waals surface area (Å²) in [5, 5.41) is 8.52. The minimum Gasteiger partial charge on any atom is -0.248 e. The van der Waals surface area contributed by atoms with Gasteiger partial charge in [-0.2, -0.15) is 0 Å². The van der Waals surface area contributed by atoms with E-state index in [1.807, 2.05) is 10.7 Å². The largest absolute Gasteiger partial charge is 0.248 e. The molecule has 3 nitrogen and oxygen atoms in total. The van der Waals surface area contributed by atoms with E-state index in [1.165, 1.54) is 23.1 Å². The molecule has 0 aliphatic carbocycles. The first-order valence-electron chi connectivity index (χ1n) is 8.34. The van der Waals surface area contributed by atoms with Gasteiger partial charge >= 0.3 is 0 Å². The summed E-state index contributed by atoms with van der Waals surface area (Å²) in [4.78, 5) is 0. The van der Waals surface area contributed by atoms with E-state index in [2.05, 4.69) is 72.0 Å². The maximum Gasteiger partial charge on any atom is 0.0830 e. The van der Waals surface area contributed by atoms with Gasteiger partial charge in [-0.3, -0.25) is 0 Å². The second-order valence-electron chi connectivity index (χ2n) is 5.96. The third kappa shape index (κ3) is 4.52. The predicted molar refractivity (Wildman–Crippen MR) is 93.4 cm³/mol. The Morgan fingerprint density at radius 1 is 0.783 bits per heavy atom. The molecule has 0 fully saturated rings. The van der Waals surface area contributed by atoms with Crippen molar-refractivity contribution < 1.29 is 0 Å². The lowest BCUT2D eigenvalue weighted by Gasteiger charge is -2.02. The van der Waals surface area contributed by atoms with Gasteiger partial charge in [0.15, 0.2) is 0 Å². The Kier molecular flexibility index (Phi) is 5.20. The number of benzene rings is 2. The number of aromatic nitrogens is 3. The normalized spacial score (nSPS) is 10.8. The van der Waals surface area contributed by atoms with Gasteiger partial charge in [0.2, 0.25) is 0 Å². The predicted octanol–water partition coefficient (Wildman–Crippen LogP) is 4.06. The molecule has 0 bridgehead atoms. The van der Waals surface area contributed by atoms with E-state index in [9.17, 15) is 0 Å². The molecule has 23 heavy (non-hydrogen) atoms. The average Bonchev–Trinajstić information content (AvgIpc) is 3.03. The molecule has 3 heteroatoms. The van der Waals surface area contributed by atoms with Crippen LogP contribution < -0.4 is 0 Å². The van der Waals surface area contributed by atoms with E-state index in [1.54, 1.807) is 0 Å². The summed E-state index contributed by atoms with van der Waals surface area (Å²) in [7, 11) is 0. The Morgan fingerprint density at radius 3 is 2.17 bits per heavy atom. The van der Waals surface area contributed by atoms with E-state index in [-0.39, 0.29) is 0 Å². The average molecular weight is 305 g/mol. The molecule has 3 rings (SSSR count). The van der Waals surface area contributed by atoms with Gasteiger partial charge in [0, 0.05) is 6.20 Å². The molecular weight excluding hydrogens is 282 g/mol. The maximum atomic E-state index is 4.29. The SMILES string of the molecule is CCCc1ccc(CCc2cn(Cc3ccccc3)nn2)cc1. The highest BCUT2D eigenvalue weighted by molar-refractivity contribution is 5.23. The lowest BCUT2D eigenvalue weighted by Crippen LogP contribution is -1.99. The van der Waals surface area contributed by atoms with Gasteiger partial charge < -0.3 is 0 Å². The fraction of sp³-hybridized carbons (Fsp3) is 0.300. The monoisotopic (exact) mass is 305 g/mol. The van der Waals surface area contributed by atoms with Crippen molar-refractivity contribution in [1.82, 2.24) is 15.0 Å². The van der Waals surface area contributed by atoms with Crippen LogP contribution in [0.3, 0.4) is 0 Å². The summed E-state index contributed by atoms with van der Waals surface area (Å²) in [6.45, 7) is 2.99. The fourth-order valence-electron chi connectivity index (χ4n) is 2.73. The Balaban J connectivity index is 1.54. The topological polar surface area (TPSA) is 30.7 Å². The number of hydrogen-bond donors (Lipinski definition) is 0. The van der Waals surface area contributed by atoms with Crippen LogP contribution in [0.4, 0.5) is 0 Å². The van der Waals surface area contributed by atoms with Crippen LogP contribution in [0.2, 0.25) is 0 Å². The second kappa shape index (κ2) is 7.73. The molecule has 0 radical (unpaired) electrons. The molecule has 0 aliphatic heterocycles. The molecule has 0 amide bonds. The molecule has 0 saturated heterocycles. The molecule has 0 spiro atoms. The molecule has 0 unspecified atom stereocenters. The van der Waals surface area contributed by atoms with Gasteiger partial charge in [-0.05, 0) is 36.0 Å². The first-order chi connectivity index (χ1) is 11.3. The molecular formula is C20H23N3. The molecule has 0 aliphatic rings. The van der Waals surface area contributed by atoms with Crippen molar-refractivity contribution >= 4 is 0 Å². The Bertz CT molecular complexity index is 714. The van der Waals surface area contributed by atoms with Crippen LogP contribution >= 0.6 is 0 Å². The fourth-order valence-corrected chi connectivity index (χ4v) is 2.73. The summed E-state index contributed by atoms with van der Waals surface area (Å²) >= 11 is 0. The minimum absolute atomic E-state index is 0.777. The zero-order valence-corrected chi connectivity index (χ0v) is 13.7. The minimum atomic E-state index is 0.777. The van der Waals surface area contributed by atoms with Crippen molar-refractivity contribution in [3.8, 4) is 0 Å². The Hall–Kier alpha value is -2.42. The number of nitrogens with zero attached hydrogens (tertiary/aromatic N) is 3.